The van der Waals surface area contributed by atoms with E-state index in [4.69, 9.17) is 27.9 Å². The Bertz CT molecular complexity index is 632. The Labute approximate surface area is 131 Å². The summed E-state index contributed by atoms with van der Waals surface area (Å²) in [6, 6.07) is 10.9. The molecule has 0 fully saturated rings. The molecule has 0 aliphatic rings. The van der Waals surface area contributed by atoms with Gasteiger partial charge >= 0.3 is 0 Å². The SMILES string of the molecule is O=C(CCOc1ccc(Cl)cc1)Nc1ccc(Cl)cc1F. The van der Waals surface area contributed by atoms with E-state index in [1.54, 1.807) is 24.3 Å². The van der Waals surface area contributed by atoms with Crippen molar-refractivity contribution in [3.63, 3.8) is 0 Å². The molecular formula is C15H12Cl2FNO2. The first kappa shape index (κ1) is 15.6. The summed E-state index contributed by atoms with van der Waals surface area (Å²) in [6.45, 7) is 0.183. The van der Waals surface area contributed by atoms with Crippen molar-refractivity contribution in [3.05, 3.63) is 58.3 Å². The van der Waals surface area contributed by atoms with Gasteiger partial charge in [-0.2, -0.15) is 0 Å². The highest BCUT2D eigenvalue weighted by Gasteiger charge is 2.07. The predicted molar refractivity (Wildman–Crippen MR) is 81.6 cm³/mol. The Kier molecular flexibility index (Phi) is 5.42. The Hall–Kier alpha value is -1.78. The minimum atomic E-state index is -0.575. The van der Waals surface area contributed by atoms with E-state index < -0.39 is 5.82 Å². The van der Waals surface area contributed by atoms with Crippen LogP contribution in [0.5, 0.6) is 5.75 Å². The van der Waals surface area contributed by atoms with Gasteiger partial charge in [0.15, 0.2) is 0 Å². The van der Waals surface area contributed by atoms with Crippen LogP contribution in [-0.2, 0) is 4.79 Å². The van der Waals surface area contributed by atoms with E-state index in [0.29, 0.717) is 10.8 Å². The number of nitrogens with one attached hydrogen (secondary N) is 1. The monoisotopic (exact) mass is 327 g/mol. The highest BCUT2D eigenvalue weighted by molar-refractivity contribution is 6.30. The summed E-state index contributed by atoms with van der Waals surface area (Å²) in [5, 5.41) is 3.34. The molecule has 0 saturated carbocycles. The van der Waals surface area contributed by atoms with Gasteiger partial charge in [0.1, 0.15) is 11.6 Å². The highest BCUT2D eigenvalue weighted by Crippen LogP contribution is 2.19. The second-order valence-electron chi connectivity index (χ2n) is 4.22. The zero-order chi connectivity index (χ0) is 15.2. The van der Waals surface area contributed by atoms with Crippen molar-refractivity contribution >= 4 is 34.8 Å². The molecule has 1 amide bonds. The maximum atomic E-state index is 13.5. The van der Waals surface area contributed by atoms with Gasteiger partial charge in [0.2, 0.25) is 5.91 Å². The first-order valence-corrected chi connectivity index (χ1v) is 6.93. The maximum absolute atomic E-state index is 13.5. The second-order valence-corrected chi connectivity index (χ2v) is 5.10. The molecule has 2 rings (SSSR count). The molecule has 0 radical (unpaired) electrons. The number of carbonyl (C=O) groups is 1. The largest absolute Gasteiger partial charge is 0.493 e. The summed E-state index contributed by atoms with van der Waals surface area (Å²) in [5.41, 5.74) is 0.0934. The van der Waals surface area contributed by atoms with Crippen LogP contribution in [0.2, 0.25) is 10.0 Å². The molecule has 0 heterocycles. The number of rotatable bonds is 5. The van der Waals surface area contributed by atoms with Crippen molar-refractivity contribution < 1.29 is 13.9 Å². The molecule has 0 spiro atoms. The first-order chi connectivity index (χ1) is 10.0. The Morgan fingerprint density at radius 3 is 2.43 bits per heavy atom. The van der Waals surface area contributed by atoms with E-state index in [2.05, 4.69) is 5.32 Å². The zero-order valence-electron chi connectivity index (χ0n) is 10.9. The number of anilines is 1. The quantitative estimate of drug-likeness (QED) is 0.875. The van der Waals surface area contributed by atoms with E-state index in [-0.39, 0.29) is 29.6 Å². The molecule has 2 aromatic rings. The molecule has 1 N–H and O–H groups in total. The summed E-state index contributed by atoms with van der Waals surface area (Å²) in [7, 11) is 0. The normalized spacial score (nSPS) is 10.2. The van der Waals surface area contributed by atoms with Crippen LogP contribution in [0.1, 0.15) is 6.42 Å². The van der Waals surface area contributed by atoms with Gasteiger partial charge in [-0.05, 0) is 42.5 Å². The summed E-state index contributed by atoms with van der Waals surface area (Å²) in [4.78, 5) is 11.7. The van der Waals surface area contributed by atoms with E-state index in [1.165, 1.54) is 12.1 Å². The average Bonchev–Trinajstić information content (AvgIpc) is 2.44. The van der Waals surface area contributed by atoms with Crippen LogP contribution in [0.15, 0.2) is 42.5 Å². The van der Waals surface area contributed by atoms with E-state index in [1.807, 2.05) is 0 Å². The number of hydrogen-bond acceptors (Lipinski definition) is 2. The first-order valence-electron chi connectivity index (χ1n) is 6.18. The number of ether oxygens (including phenoxy) is 1. The van der Waals surface area contributed by atoms with Crippen molar-refractivity contribution in [3.8, 4) is 5.75 Å². The molecule has 6 heteroatoms. The maximum Gasteiger partial charge on any atom is 0.227 e. The van der Waals surface area contributed by atoms with E-state index in [0.717, 1.165) is 6.07 Å². The Morgan fingerprint density at radius 2 is 1.76 bits per heavy atom. The smallest absolute Gasteiger partial charge is 0.227 e. The minimum Gasteiger partial charge on any atom is -0.493 e. The molecule has 0 saturated heterocycles. The van der Waals surface area contributed by atoms with Crippen LogP contribution in [0.25, 0.3) is 0 Å². The lowest BCUT2D eigenvalue weighted by Crippen LogP contribution is -2.16. The molecule has 21 heavy (non-hydrogen) atoms. The van der Waals surface area contributed by atoms with Crippen LogP contribution in [0.4, 0.5) is 10.1 Å². The van der Waals surface area contributed by atoms with Crippen molar-refractivity contribution in [1.82, 2.24) is 0 Å². The zero-order valence-corrected chi connectivity index (χ0v) is 12.4. The molecule has 0 unspecified atom stereocenters. The molecule has 0 aliphatic heterocycles. The van der Waals surface area contributed by atoms with Crippen LogP contribution in [0.3, 0.4) is 0 Å². The third kappa shape index (κ3) is 4.92. The van der Waals surface area contributed by atoms with E-state index >= 15 is 0 Å². The van der Waals surface area contributed by atoms with Crippen LogP contribution < -0.4 is 10.1 Å². The second kappa shape index (κ2) is 7.29. The van der Waals surface area contributed by atoms with Gasteiger partial charge in [-0.3, -0.25) is 4.79 Å². The van der Waals surface area contributed by atoms with Gasteiger partial charge in [0.05, 0.1) is 18.7 Å². The molecule has 0 bridgehead atoms. The van der Waals surface area contributed by atoms with Gasteiger partial charge in [-0.15, -0.1) is 0 Å². The summed E-state index contributed by atoms with van der Waals surface area (Å²) in [5.74, 6) is -0.301. The molecule has 0 aromatic heterocycles. The third-order valence-electron chi connectivity index (χ3n) is 2.62. The fraction of sp³-hybridized carbons (Fsp3) is 0.133. The fourth-order valence-electron chi connectivity index (χ4n) is 1.60. The molecule has 0 atom stereocenters. The number of benzene rings is 2. The van der Waals surface area contributed by atoms with Gasteiger partial charge in [0, 0.05) is 10.0 Å². The molecule has 110 valence electrons. The molecular weight excluding hydrogens is 316 g/mol. The third-order valence-corrected chi connectivity index (χ3v) is 3.10. The van der Waals surface area contributed by atoms with Crippen LogP contribution in [-0.4, -0.2) is 12.5 Å². The highest BCUT2D eigenvalue weighted by atomic mass is 35.5. The van der Waals surface area contributed by atoms with Gasteiger partial charge < -0.3 is 10.1 Å². The Morgan fingerprint density at radius 1 is 1.10 bits per heavy atom. The number of amides is 1. The number of halogens is 3. The fourth-order valence-corrected chi connectivity index (χ4v) is 1.88. The minimum absolute atomic E-state index is 0.0934. The number of hydrogen-bond donors (Lipinski definition) is 1. The van der Waals surface area contributed by atoms with Gasteiger partial charge in [-0.25, -0.2) is 4.39 Å². The van der Waals surface area contributed by atoms with Gasteiger partial charge in [-0.1, -0.05) is 23.2 Å². The van der Waals surface area contributed by atoms with E-state index in [9.17, 15) is 9.18 Å². The summed E-state index contributed by atoms with van der Waals surface area (Å²) >= 11 is 11.4. The lowest BCUT2D eigenvalue weighted by Gasteiger charge is -2.08. The Balaban J connectivity index is 1.81. The van der Waals surface area contributed by atoms with Crippen molar-refractivity contribution in [2.45, 2.75) is 6.42 Å². The molecule has 2 aromatic carbocycles. The topological polar surface area (TPSA) is 38.3 Å². The molecule has 3 nitrogen and oxygen atoms in total. The molecule has 0 aliphatic carbocycles. The van der Waals surface area contributed by atoms with Crippen molar-refractivity contribution in [2.75, 3.05) is 11.9 Å². The predicted octanol–water partition coefficient (Wildman–Crippen LogP) is 4.54. The van der Waals surface area contributed by atoms with Crippen molar-refractivity contribution in [1.29, 1.82) is 0 Å². The van der Waals surface area contributed by atoms with Gasteiger partial charge in [0.25, 0.3) is 0 Å². The lowest BCUT2D eigenvalue weighted by atomic mass is 10.3. The summed E-state index contributed by atoms with van der Waals surface area (Å²) in [6.07, 6.45) is 0.102. The average molecular weight is 328 g/mol. The van der Waals surface area contributed by atoms with Crippen molar-refractivity contribution in [2.24, 2.45) is 0 Å². The lowest BCUT2D eigenvalue weighted by molar-refractivity contribution is -0.116. The number of carbonyl (C=O) groups excluding carboxylic acids is 1. The standard InChI is InChI=1S/C15H12Cl2FNO2/c16-10-1-4-12(5-2-10)21-8-7-15(20)19-14-6-3-11(17)9-13(14)18/h1-6,9H,7-8H2,(H,19,20). The van der Waals surface area contributed by atoms with Crippen LogP contribution in [0, 0.1) is 5.82 Å². The summed E-state index contributed by atoms with van der Waals surface area (Å²) < 4.78 is 18.9. The van der Waals surface area contributed by atoms with Crippen LogP contribution >= 0.6 is 23.2 Å².